The van der Waals surface area contributed by atoms with Gasteiger partial charge in [0.2, 0.25) is 5.91 Å². The Bertz CT molecular complexity index is 713. The molecule has 0 unspecified atom stereocenters. The van der Waals surface area contributed by atoms with Gasteiger partial charge in [0.15, 0.2) is 0 Å². The minimum atomic E-state index is -0.513. The van der Waals surface area contributed by atoms with Crippen molar-refractivity contribution in [1.82, 2.24) is 10.2 Å². The molecule has 29 heavy (non-hydrogen) atoms. The van der Waals surface area contributed by atoms with Crippen LogP contribution >= 0.6 is 0 Å². The molecule has 1 N–H and O–H groups in total. The van der Waals surface area contributed by atoms with Crippen LogP contribution in [0.15, 0.2) is 24.3 Å². The van der Waals surface area contributed by atoms with E-state index in [2.05, 4.69) is 5.32 Å². The van der Waals surface area contributed by atoms with Crippen LogP contribution in [0.4, 0.5) is 9.18 Å². The van der Waals surface area contributed by atoms with Crippen LogP contribution in [0.3, 0.4) is 0 Å². The molecular formula is C23H33FN2O3. The summed E-state index contributed by atoms with van der Waals surface area (Å²) in [5.74, 6) is -0.259. The van der Waals surface area contributed by atoms with Crippen molar-refractivity contribution in [3.05, 3.63) is 35.6 Å². The number of nitrogens with zero attached hydrogens (tertiary/aromatic N) is 1. The van der Waals surface area contributed by atoms with Crippen LogP contribution in [0.25, 0.3) is 0 Å². The van der Waals surface area contributed by atoms with E-state index in [1.54, 1.807) is 4.90 Å². The summed E-state index contributed by atoms with van der Waals surface area (Å²) < 4.78 is 18.7. The third-order valence-electron chi connectivity index (χ3n) is 6.14. The molecule has 0 atom stereocenters. The van der Waals surface area contributed by atoms with E-state index in [1.165, 1.54) is 12.1 Å². The summed E-state index contributed by atoms with van der Waals surface area (Å²) in [5.41, 5.74) is 0.499. The monoisotopic (exact) mass is 404 g/mol. The van der Waals surface area contributed by atoms with Crippen molar-refractivity contribution in [3.8, 4) is 0 Å². The van der Waals surface area contributed by atoms with Gasteiger partial charge in [0.05, 0.1) is 0 Å². The Kier molecular flexibility index (Phi) is 6.49. The van der Waals surface area contributed by atoms with Crippen molar-refractivity contribution in [2.75, 3.05) is 19.6 Å². The Morgan fingerprint density at radius 3 is 2.28 bits per heavy atom. The molecule has 2 amide bonds. The van der Waals surface area contributed by atoms with E-state index in [-0.39, 0.29) is 29.2 Å². The van der Waals surface area contributed by atoms with Crippen LogP contribution in [0.2, 0.25) is 0 Å². The van der Waals surface area contributed by atoms with E-state index >= 15 is 0 Å². The van der Waals surface area contributed by atoms with Gasteiger partial charge >= 0.3 is 6.09 Å². The number of benzene rings is 1. The second-order valence-corrected chi connectivity index (χ2v) is 9.45. The lowest BCUT2D eigenvalue weighted by atomic mass is 9.78. The Morgan fingerprint density at radius 1 is 1.14 bits per heavy atom. The van der Waals surface area contributed by atoms with Gasteiger partial charge in [-0.1, -0.05) is 25.0 Å². The van der Waals surface area contributed by atoms with Crippen LogP contribution in [0, 0.1) is 11.7 Å². The van der Waals surface area contributed by atoms with E-state index in [0.717, 1.165) is 31.2 Å². The first-order chi connectivity index (χ1) is 13.7. The molecular weight excluding hydrogens is 371 g/mol. The number of hydrogen-bond acceptors (Lipinski definition) is 3. The standard InChI is InChI=1S/C23H33FN2O3/c1-22(2,3)29-21(28)26-14-10-17(11-15-26)20(27)25-16-23(12-4-5-13-23)18-6-8-19(24)9-7-18/h6-9,17H,4-5,10-16H2,1-3H3,(H,25,27). The molecule has 3 rings (SSSR count). The maximum Gasteiger partial charge on any atom is 0.410 e. The Labute approximate surface area is 173 Å². The number of nitrogens with one attached hydrogen (secondary N) is 1. The van der Waals surface area contributed by atoms with Gasteiger partial charge in [0.1, 0.15) is 11.4 Å². The van der Waals surface area contributed by atoms with E-state index in [4.69, 9.17) is 4.74 Å². The van der Waals surface area contributed by atoms with Crippen LogP contribution in [-0.2, 0) is 14.9 Å². The number of halogens is 1. The molecule has 1 aliphatic carbocycles. The molecule has 0 bridgehead atoms. The first-order valence-corrected chi connectivity index (χ1v) is 10.7. The molecule has 160 valence electrons. The van der Waals surface area contributed by atoms with Gasteiger partial charge < -0.3 is 15.0 Å². The highest BCUT2D eigenvalue weighted by molar-refractivity contribution is 5.79. The van der Waals surface area contributed by atoms with Gasteiger partial charge in [-0.05, 0) is 64.2 Å². The zero-order valence-corrected chi connectivity index (χ0v) is 17.8. The summed E-state index contributed by atoms with van der Waals surface area (Å²) in [6, 6.07) is 6.71. The number of ether oxygens (including phenoxy) is 1. The van der Waals surface area contributed by atoms with Gasteiger partial charge in [0.25, 0.3) is 0 Å². The van der Waals surface area contributed by atoms with Crippen molar-refractivity contribution in [2.24, 2.45) is 5.92 Å². The average Bonchev–Trinajstić information content (AvgIpc) is 3.15. The summed E-state index contributed by atoms with van der Waals surface area (Å²) >= 11 is 0. The lowest BCUT2D eigenvalue weighted by molar-refractivity contribution is -0.126. The van der Waals surface area contributed by atoms with E-state index in [0.29, 0.717) is 32.5 Å². The maximum atomic E-state index is 13.3. The largest absolute Gasteiger partial charge is 0.444 e. The Balaban J connectivity index is 1.53. The number of amides is 2. The Morgan fingerprint density at radius 2 is 1.72 bits per heavy atom. The lowest BCUT2D eigenvalue weighted by Crippen LogP contribution is -2.46. The predicted octanol–water partition coefficient (Wildman–Crippen LogP) is 4.40. The molecule has 1 aromatic rings. The summed E-state index contributed by atoms with van der Waals surface area (Å²) in [6.07, 6.45) is 5.26. The normalized spacial score (nSPS) is 19.8. The second kappa shape index (κ2) is 8.72. The third-order valence-corrected chi connectivity index (χ3v) is 6.14. The molecule has 1 heterocycles. The molecule has 2 fully saturated rings. The fraction of sp³-hybridized carbons (Fsp3) is 0.652. The summed E-state index contributed by atoms with van der Waals surface area (Å²) in [6.45, 7) is 7.22. The van der Waals surface area contributed by atoms with Crippen LogP contribution in [0.1, 0.15) is 64.9 Å². The fourth-order valence-corrected chi connectivity index (χ4v) is 4.47. The summed E-state index contributed by atoms with van der Waals surface area (Å²) in [7, 11) is 0. The predicted molar refractivity (Wildman–Crippen MR) is 110 cm³/mol. The SMILES string of the molecule is CC(C)(C)OC(=O)N1CCC(C(=O)NCC2(c3ccc(F)cc3)CCCC2)CC1. The first-order valence-electron chi connectivity index (χ1n) is 10.7. The lowest BCUT2D eigenvalue weighted by Gasteiger charge is -2.34. The highest BCUT2D eigenvalue weighted by atomic mass is 19.1. The zero-order valence-electron chi connectivity index (χ0n) is 17.8. The molecule has 1 aliphatic heterocycles. The van der Waals surface area contributed by atoms with Gasteiger partial charge in [-0.25, -0.2) is 9.18 Å². The number of carbonyl (C=O) groups excluding carboxylic acids is 2. The third kappa shape index (κ3) is 5.49. The number of piperidine rings is 1. The topological polar surface area (TPSA) is 58.6 Å². The molecule has 0 radical (unpaired) electrons. The van der Waals surface area contributed by atoms with Crippen LogP contribution < -0.4 is 5.32 Å². The highest BCUT2D eigenvalue weighted by Gasteiger charge is 2.37. The molecule has 1 aromatic carbocycles. The highest BCUT2D eigenvalue weighted by Crippen LogP contribution is 2.40. The van der Waals surface area contributed by atoms with Crippen molar-refractivity contribution in [1.29, 1.82) is 0 Å². The van der Waals surface area contributed by atoms with Crippen LogP contribution in [-0.4, -0.2) is 42.1 Å². The number of rotatable bonds is 4. The van der Waals surface area contributed by atoms with E-state index in [9.17, 15) is 14.0 Å². The molecule has 1 saturated carbocycles. The van der Waals surface area contributed by atoms with Crippen molar-refractivity contribution < 1.29 is 18.7 Å². The average molecular weight is 405 g/mol. The molecule has 2 aliphatic rings. The van der Waals surface area contributed by atoms with E-state index < -0.39 is 5.60 Å². The summed E-state index contributed by atoms with van der Waals surface area (Å²) in [4.78, 5) is 26.7. The van der Waals surface area contributed by atoms with E-state index in [1.807, 2.05) is 32.9 Å². The minimum absolute atomic E-state index is 0.0576. The minimum Gasteiger partial charge on any atom is -0.444 e. The molecule has 5 nitrogen and oxygen atoms in total. The van der Waals surface area contributed by atoms with Gasteiger partial charge in [-0.15, -0.1) is 0 Å². The molecule has 0 spiro atoms. The van der Waals surface area contributed by atoms with Gasteiger partial charge in [-0.2, -0.15) is 0 Å². The van der Waals surface area contributed by atoms with Crippen molar-refractivity contribution >= 4 is 12.0 Å². The molecule has 0 aromatic heterocycles. The quantitative estimate of drug-likeness (QED) is 0.809. The summed E-state index contributed by atoms with van der Waals surface area (Å²) in [5, 5.41) is 3.16. The van der Waals surface area contributed by atoms with Gasteiger partial charge in [0, 0.05) is 31.0 Å². The zero-order chi connectivity index (χ0) is 21.1. The number of hydrogen-bond donors (Lipinski definition) is 1. The molecule has 1 saturated heterocycles. The smallest absolute Gasteiger partial charge is 0.410 e. The maximum absolute atomic E-state index is 13.3. The van der Waals surface area contributed by atoms with Crippen LogP contribution in [0.5, 0.6) is 0 Å². The fourth-order valence-electron chi connectivity index (χ4n) is 4.47. The number of carbonyl (C=O) groups is 2. The van der Waals surface area contributed by atoms with Gasteiger partial charge in [-0.3, -0.25) is 4.79 Å². The molecule has 6 heteroatoms. The first kappa shape index (κ1) is 21.6. The second-order valence-electron chi connectivity index (χ2n) is 9.45. The van der Waals surface area contributed by atoms with Crippen molar-refractivity contribution in [2.45, 2.75) is 70.3 Å². The Hall–Kier alpha value is -2.11. The van der Waals surface area contributed by atoms with Crippen molar-refractivity contribution in [3.63, 3.8) is 0 Å². The number of likely N-dealkylation sites (tertiary alicyclic amines) is 1.